The summed E-state index contributed by atoms with van der Waals surface area (Å²) in [7, 11) is 0. The normalized spacial score (nSPS) is 11.5. The Morgan fingerprint density at radius 1 is 1.13 bits per heavy atom. The zero-order valence-corrected chi connectivity index (χ0v) is 15.9. The highest BCUT2D eigenvalue weighted by molar-refractivity contribution is 8.13. The Morgan fingerprint density at radius 3 is 2.39 bits per heavy atom. The first kappa shape index (κ1) is 19.9. The lowest BCUT2D eigenvalue weighted by Crippen LogP contribution is -2.38. The minimum absolute atomic E-state index is 0.813. The molecule has 4 nitrogen and oxygen atoms in total. The van der Waals surface area contributed by atoms with Gasteiger partial charge in [0.15, 0.2) is 5.17 Å². The molecule has 0 aliphatic rings. The van der Waals surface area contributed by atoms with Crippen molar-refractivity contribution in [2.75, 3.05) is 44.7 Å². The molecule has 0 aliphatic carbocycles. The van der Waals surface area contributed by atoms with Crippen molar-refractivity contribution < 1.29 is 0 Å². The first-order valence-corrected chi connectivity index (χ1v) is 10.1. The van der Waals surface area contributed by atoms with Crippen LogP contribution in [0.1, 0.15) is 13.8 Å². The number of thioether (sulfide) groups is 2. The summed E-state index contributed by atoms with van der Waals surface area (Å²) in [6.45, 7) is 9.24. The van der Waals surface area contributed by atoms with Crippen LogP contribution in [0.4, 0.5) is 0 Å². The molecule has 1 aromatic carbocycles. The van der Waals surface area contributed by atoms with Gasteiger partial charge >= 0.3 is 0 Å². The van der Waals surface area contributed by atoms with Crippen molar-refractivity contribution in [3.8, 4) is 6.19 Å². The molecule has 23 heavy (non-hydrogen) atoms. The summed E-state index contributed by atoms with van der Waals surface area (Å²) in [6.07, 6.45) is 3.91. The third-order valence-corrected chi connectivity index (χ3v) is 5.26. The van der Waals surface area contributed by atoms with Crippen LogP contribution in [0.25, 0.3) is 0 Å². The van der Waals surface area contributed by atoms with E-state index in [1.54, 1.807) is 11.8 Å². The van der Waals surface area contributed by atoms with E-state index in [1.807, 2.05) is 30.3 Å². The molecule has 1 rings (SSSR count). The van der Waals surface area contributed by atoms with E-state index in [2.05, 4.69) is 52.9 Å². The van der Waals surface area contributed by atoms with Gasteiger partial charge < -0.3 is 9.80 Å². The van der Waals surface area contributed by atoms with E-state index < -0.39 is 0 Å². The van der Waals surface area contributed by atoms with Crippen LogP contribution < -0.4 is 0 Å². The number of likely N-dealkylation sites (N-methyl/N-ethyl adjacent to an activating group) is 1. The van der Waals surface area contributed by atoms with Gasteiger partial charge in [-0.05, 0) is 31.5 Å². The van der Waals surface area contributed by atoms with Gasteiger partial charge in [0.25, 0.3) is 0 Å². The standard InChI is InChI=1S/C17H26N4S2/c1-4-20(5-2)11-12-21(17(22-3)19-15-18)13-14-23-16-9-7-6-8-10-16/h6-10H,4-5,11-14H2,1-3H3/b19-17-. The summed E-state index contributed by atoms with van der Waals surface area (Å²) < 4.78 is 0. The lowest BCUT2D eigenvalue weighted by atomic mass is 10.4. The Morgan fingerprint density at radius 2 is 1.83 bits per heavy atom. The molecule has 0 heterocycles. The van der Waals surface area contributed by atoms with Crippen molar-refractivity contribution in [3.63, 3.8) is 0 Å². The third kappa shape index (κ3) is 7.78. The Bertz CT molecular complexity index is 495. The monoisotopic (exact) mass is 350 g/mol. The van der Waals surface area contributed by atoms with Crippen LogP contribution in [0, 0.1) is 11.5 Å². The molecule has 0 amide bonds. The number of rotatable bonds is 9. The molecule has 0 saturated carbocycles. The highest BCUT2D eigenvalue weighted by atomic mass is 32.2. The number of aliphatic imine (C=N–C) groups is 1. The first-order valence-electron chi connectivity index (χ1n) is 7.91. The molecule has 126 valence electrons. The lowest BCUT2D eigenvalue weighted by molar-refractivity contribution is 0.273. The average Bonchev–Trinajstić information content (AvgIpc) is 2.60. The number of benzene rings is 1. The largest absolute Gasteiger partial charge is 0.348 e. The van der Waals surface area contributed by atoms with Gasteiger partial charge in [0.1, 0.15) is 0 Å². The van der Waals surface area contributed by atoms with Gasteiger partial charge in [-0.1, -0.05) is 43.8 Å². The van der Waals surface area contributed by atoms with E-state index >= 15 is 0 Å². The molecule has 0 N–H and O–H groups in total. The Labute approximate surface area is 148 Å². The number of nitrogens with zero attached hydrogens (tertiary/aromatic N) is 4. The maximum Gasteiger partial charge on any atom is 0.208 e. The van der Waals surface area contributed by atoms with E-state index in [-0.39, 0.29) is 0 Å². The maximum atomic E-state index is 8.90. The topological polar surface area (TPSA) is 42.6 Å². The minimum atomic E-state index is 0.813. The molecule has 0 fully saturated rings. The third-order valence-electron chi connectivity index (χ3n) is 3.55. The fourth-order valence-corrected chi connectivity index (χ4v) is 3.65. The smallest absolute Gasteiger partial charge is 0.208 e. The van der Waals surface area contributed by atoms with Gasteiger partial charge in [0.05, 0.1) is 0 Å². The number of hydrogen-bond acceptors (Lipinski definition) is 5. The molecule has 0 saturated heterocycles. The first-order chi connectivity index (χ1) is 11.2. The van der Waals surface area contributed by atoms with Crippen LogP contribution in [-0.2, 0) is 0 Å². The van der Waals surface area contributed by atoms with Crippen LogP contribution >= 0.6 is 23.5 Å². The van der Waals surface area contributed by atoms with Crippen molar-refractivity contribution in [2.24, 2.45) is 4.99 Å². The highest BCUT2D eigenvalue weighted by Gasteiger charge is 2.12. The molecule has 0 unspecified atom stereocenters. The highest BCUT2D eigenvalue weighted by Crippen LogP contribution is 2.17. The molecule has 6 heteroatoms. The molecular formula is C17H26N4S2. The molecule has 0 radical (unpaired) electrons. The Hall–Kier alpha value is -1.16. The zero-order valence-electron chi connectivity index (χ0n) is 14.2. The van der Waals surface area contributed by atoms with Crippen LogP contribution in [0.15, 0.2) is 40.2 Å². The predicted molar refractivity (Wildman–Crippen MR) is 103 cm³/mol. The van der Waals surface area contributed by atoms with Crippen molar-refractivity contribution in [1.29, 1.82) is 5.26 Å². The van der Waals surface area contributed by atoms with Gasteiger partial charge in [-0.25, -0.2) is 0 Å². The van der Waals surface area contributed by atoms with Crippen LogP contribution in [0.5, 0.6) is 0 Å². The quantitative estimate of drug-likeness (QED) is 0.294. The van der Waals surface area contributed by atoms with Gasteiger partial charge in [0, 0.05) is 30.3 Å². The summed E-state index contributed by atoms with van der Waals surface area (Å²) in [4.78, 5) is 9.87. The maximum absolute atomic E-state index is 8.90. The molecule has 0 aromatic heterocycles. The van der Waals surface area contributed by atoms with Gasteiger partial charge in [0.2, 0.25) is 6.19 Å². The van der Waals surface area contributed by atoms with E-state index in [1.165, 1.54) is 4.90 Å². The summed E-state index contributed by atoms with van der Waals surface area (Å²) in [5.41, 5.74) is 0. The number of hydrogen-bond donors (Lipinski definition) is 0. The average molecular weight is 351 g/mol. The van der Waals surface area contributed by atoms with E-state index in [0.717, 1.165) is 43.6 Å². The Kier molecular flexibility index (Phi) is 10.6. The zero-order chi connectivity index (χ0) is 16.9. The van der Waals surface area contributed by atoms with Gasteiger partial charge in [-0.3, -0.25) is 0 Å². The second-order valence-corrected chi connectivity index (χ2v) is 6.82. The predicted octanol–water partition coefficient (Wildman–Crippen LogP) is 3.62. The van der Waals surface area contributed by atoms with Crippen molar-refractivity contribution >= 4 is 28.7 Å². The van der Waals surface area contributed by atoms with Gasteiger partial charge in [-0.15, -0.1) is 16.8 Å². The van der Waals surface area contributed by atoms with E-state index in [4.69, 9.17) is 5.26 Å². The van der Waals surface area contributed by atoms with Crippen molar-refractivity contribution in [3.05, 3.63) is 30.3 Å². The molecule has 0 atom stereocenters. The second kappa shape index (κ2) is 12.3. The minimum Gasteiger partial charge on any atom is -0.348 e. The van der Waals surface area contributed by atoms with Crippen LogP contribution in [0.3, 0.4) is 0 Å². The number of nitriles is 1. The molecule has 1 aromatic rings. The number of amidine groups is 1. The van der Waals surface area contributed by atoms with Crippen molar-refractivity contribution in [2.45, 2.75) is 18.7 Å². The van der Waals surface area contributed by atoms with E-state index in [9.17, 15) is 0 Å². The summed E-state index contributed by atoms with van der Waals surface area (Å²) in [5.74, 6) is 0.979. The molecular weight excluding hydrogens is 324 g/mol. The van der Waals surface area contributed by atoms with E-state index in [0.29, 0.717) is 0 Å². The van der Waals surface area contributed by atoms with Crippen molar-refractivity contribution in [1.82, 2.24) is 9.80 Å². The van der Waals surface area contributed by atoms with Crippen LogP contribution in [-0.4, -0.2) is 59.7 Å². The molecule has 0 aliphatic heterocycles. The Balaban J connectivity index is 2.59. The fourth-order valence-electron chi connectivity index (χ4n) is 2.18. The SMILES string of the molecule is CCN(CC)CCN(CCSc1ccccc1)/C(=N/C#N)SC. The van der Waals surface area contributed by atoms with Crippen LogP contribution in [0.2, 0.25) is 0 Å². The summed E-state index contributed by atoms with van der Waals surface area (Å²) >= 11 is 3.38. The lowest BCUT2D eigenvalue weighted by Gasteiger charge is -2.27. The summed E-state index contributed by atoms with van der Waals surface area (Å²) in [6, 6.07) is 10.4. The van der Waals surface area contributed by atoms with Gasteiger partial charge in [-0.2, -0.15) is 5.26 Å². The molecule has 0 bridgehead atoms. The molecule has 0 spiro atoms. The fraction of sp³-hybridized carbons (Fsp3) is 0.529. The summed E-state index contributed by atoms with van der Waals surface area (Å²) in [5, 5.41) is 9.71. The second-order valence-electron chi connectivity index (χ2n) is 4.87.